The van der Waals surface area contributed by atoms with E-state index in [9.17, 15) is 9.59 Å². The van der Waals surface area contributed by atoms with Crippen molar-refractivity contribution in [3.05, 3.63) is 69.7 Å². The normalized spacial score (nSPS) is 14.8. The van der Waals surface area contributed by atoms with Crippen LogP contribution in [0.3, 0.4) is 0 Å². The highest BCUT2D eigenvalue weighted by Gasteiger charge is 2.24. The highest BCUT2D eigenvalue weighted by Crippen LogP contribution is 2.21. The lowest BCUT2D eigenvalue weighted by Gasteiger charge is -2.32. The van der Waals surface area contributed by atoms with E-state index in [4.69, 9.17) is 23.2 Å². The second kappa shape index (κ2) is 9.25. The molecule has 1 N–H and O–H groups in total. The van der Waals surface area contributed by atoms with Crippen molar-refractivity contribution >= 4 is 35.0 Å². The molecule has 6 heteroatoms. The van der Waals surface area contributed by atoms with Gasteiger partial charge in [-0.25, -0.2) is 0 Å². The third-order valence-corrected chi connectivity index (χ3v) is 5.38. The van der Waals surface area contributed by atoms with Crippen molar-refractivity contribution < 1.29 is 9.59 Å². The number of hydrogen-bond acceptors (Lipinski definition) is 2. The van der Waals surface area contributed by atoms with Crippen LogP contribution in [0.4, 0.5) is 0 Å². The average molecular weight is 405 g/mol. The molecule has 0 aliphatic carbocycles. The summed E-state index contributed by atoms with van der Waals surface area (Å²) in [6.07, 6.45) is 2.76. The number of carbonyl (C=O) groups excluding carboxylic acids is 2. The molecule has 1 aliphatic rings. The van der Waals surface area contributed by atoms with Crippen LogP contribution in [0, 0.1) is 0 Å². The molecule has 2 aromatic carbocycles. The van der Waals surface area contributed by atoms with Gasteiger partial charge in [0, 0.05) is 30.6 Å². The van der Waals surface area contributed by atoms with Gasteiger partial charge < -0.3 is 10.2 Å². The summed E-state index contributed by atoms with van der Waals surface area (Å²) in [5, 5.41) is 3.85. The lowest BCUT2D eigenvalue weighted by molar-refractivity contribution is -0.132. The number of benzene rings is 2. The molecule has 0 aromatic heterocycles. The lowest BCUT2D eigenvalue weighted by Crippen LogP contribution is -2.46. The zero-order chi connectivity index (χ0) is 19.2. The van der Waals surface area contributed by atoms with E-state index in [-0.39, 0.29) is 17.9 Å². The Labute approximate surface area is 169 Å². The average Bonchev–Trinajstić information content (AvgIpc) is 2.67. The maximum Gasteiger partial charge on any atom is 0.253 e. The Kier molecular flexibility index (Phi) is 6.75. The molecule has 0 radical (unpaired) electrons. The summed E-state index contributed by atoms with van der Waals surface area (Å²) in [6, 6.07) is 14.9. The topological polar surface area (TPSA) is 49.4 Å². The van der Waals surface area contributed by atoms with Gasteiger partial charge in [0.15, 0.2) is 0 Å². The minimum Gasteiger partial charge on any atom is -0.349 e. The smallest absolute Gasteiger partial charge is 0.253 e. The number of amides is 2. The Morgan fingerprint density at radius 1 is 1.04 bits per heavy atom. The first-order chi connectivity index (χ1) is 13.0. The van der Waals surface area contributed by atoms with Crippen LogP contribution in [0.15, 0.2) is 48.5 Å². The zero-order valence-electron chi connectivity index (χ0n) is 15.0. The van der Waals surface area contributed by atoms with E-state index in [1.54, 1.807) is 18.2 Å². The first kappa shape index (κ1) is 19.7. The summed E-state index contributed by atoms with van der Waals surface area (Å²) in [4.78, 5) is 26.7. The van der Waals surface area contributed by atoms with E-state index in [2.05, 4.69) is 5.32 Å². The molecule has 1 aliphatic heterocycles. The molecular formula is C21H22Cl2N2O2. The maximum atomic E-state index is 12.4. The Morgan fingerprint density at radius 3 is 2.41 bits per heavy atom. The standard InChI is InChI=1S/C21H22Cl2N2O2/c22-16-7-8-18(19(23)14-16)21(27)24-17-10-12-25(13-11-17)20(26)9-6-15-4-2-1-3-5-15/h1-5,7-8,14,17H,6,9-13H2,(H,24,27). The molecule has 142 valence electrons. The lowest BCUT2D eigenvalue weighted by atomic mass is 10.0. The summed E-state index contributed by atoms with van der Waals surface area (Å²) >= 11 is 12.0. The molecule has 4 nitrogen and oxygen atoms in total. The minimum atomic E-state index is -0.203. The van der Waals surface area contributed by atoms with Gasteiger partial charge in [-0.3, -0.25) is 9.59 Å². The number of carbonyl (C=O) groups is 2. The monoisotopic (exact) mass is 404 g/mol. The summed E-state index contributed by atoms with van der Waals surface area (Å²) in [5.74, 6) is -0.0325. The molecule has 27 heavy (non-hydrogen) atoms. The van der Waals surface area contributed by atoms with Crippen LogP contribution in [0.5, 0.6) is 0 Å². The SMILES string of the molecule is O=C(NC1CCN(C(=O)CCc2ccccc2)CC1)c1ccc(Cl)cc1Cl. The van der Waals surface area contributed by atoms with Gasteiger partial charge in [0.05, 0.1) is 10.6 Å². The molecule has 0 unspecified atom stereocenters. The third-order valence-electron chi connectivity index (χ3n) is 4.83. The highest BCUT2D eigenvalue weighted by atomic mass is 35.5. The molecule has 0 spiro atoms. The number of nitrogens with one attached hydrogen (secondary N) is 1. The molecule has 2 amide bonds. The van der Waals surface area contributed by atoms with Crippen molar-refractivity contribution in [1.29, 1.82) is 0 Å². The van der Waals surface area contributed by atoms with Crippen LogP contribution in [0.25, 0.3) is 0 Å². The fourth-order valence-corrected chi connectivity index (χ4v) is 3.76. The summed E-state index contributed by atoms with van der Waals surface area (Å²) in [6.45, 7) is 1.32. The van der Waals surface area contributed by atoms with Crippen molar-refractivity contribution in [2.24, 2.45) is 0 Å². The van der Waals surface area contributed by atoms with Gasteiger partial charge in [0.2, 0.25) is 5.91 Å². The Balaban J connectivity index is 1.45. The second-order valence-corrected chi connectivity index (χ2v) is 7.58. The zero-order valence-corrected chi connectivity index (χ0v) is 16.5. The summed E-state index contributed by atoms with van der Waals surface area (Å²) in [7, 11) is 0. The van der Waals surface area contributed by atoms with Crippen LogP contribution >= 0.6 is 23.2 Å². The second-order valence-electron chi connectivity index (χ2n) is 6.74. The van der Waals surface area contributed by atoms with Crippen LogP contribution in [-0.4, -0.2) is 35.8 Å². The van der Waals surface area contributed by atoms with Gasteiger partial charge in [-0.15, -0.1) is 0 Å². The van der Waals surface area contributed by atoms with E-state index in [1.165, 1.54) is 5.56 Å². The summed E-state index contributed by atoms with van der Waals surface area (Å²) < 4.78 is 0. The number of rotatable bonds is 5. The van der Waals surface area contributed by atoms with Crippen molar-refractivity contribution in [1.82, 2.24) is 10.2 Å². The van der Waals surface area contributed by atoms with Crippen LogP contribution in [0.1, 0.15) is 35.2 Å². The Bertz CT molecular complexity index is 803. The van der Waals surface area contributed by atoms with E-state index in [1.807, 2.05) is 35.2 Å². The molecule has 1 fully saturated rings. The van der Waals surface area contributed by atoms with Gasteiger partial charge in [-0.1, -0.05) is 53.5 Å². The van der Waals surface area contributed by atoms with E-state index < -0.39 is 0 Å². The largest absolute Gasteiger partial charge is 0.349 e. The highest BCUT2D eigenvalue weighted by molar-refractivity contribution is 6.36. The first-order valence-electron chi connectivity index (χ1n) is 9.10. The van der Waals surface area contributed by atoms with Crippen molar-refractivity contribution in [2.45, 2.75) is 31.7 Å². The molecule has 2 aromatic rings. The Morgan fingerprint density at radius 2 is 1.74 bits per heavy atom. The van der Waals surface area contributed by atoms with E-state index >= 15 is 0 Å². The Hall–Kier alpha value is -2.04. The molecule has 0 bridgehead atoms. The molecule has 0 saturated carbocycles. The van der Waals surface area contributed by atoms with Crippen LogP contribution in [-0.2, 0) is 11.2 Å². The quantitative estimate of drug-likeness (QED) is 0.804. The van der Waals surface area contributed by atoms with Gasteiger partial charge in [0.25, 0.3) is 5.91 Å². The predicted molar refractivity (Wildman–Crippen MR) is 108 cm³/mol. The van der Waals surface area contributed by atoms with Gasteiger partial charge in [0.1, 0.15) is 0 Å². The van der Waals surface area contributed by atoms with Crippen LogP contribution in [0.2, 0.25) is 10.0 Å². The number of halogens is 2. The van der Waals surface area contributed by atoms with Crippen molar-refractivity contribution in [3.63, 3.8) is 0 Å². The number of hydrogen-bond donors (Lipinski definition) is 1. The molecule has 0 atom stereocenters. The van der Waals surface area contributed by atoms with E-state index in [0.29, 0.717) is 35.1 Å². The molecule has 1 heterocycles. The third kappa shape index (κ3) is 5.47. The number of nitrogens with zero attached hydrogens (tertiary/aromatic N) is 1. The fourth-order valence-electron chi connectivity index (χ4n) is 3.26. The summed E-state index contributed by atoms with van der Waals surface area (Å²) in [5.41, 5.74) is 1.59. The number of likely N-dealkylation sites (tertiary alicyclic amines) is 1. The van der Waals surface area contributed by atoms with Crippen LogP contribution < -0.4 is 5.32 Å². The van der Waals surface area contributed by atoms with Crippen molar-refractivity contribution in [3.8, 4) is 0 Å². The molecule has 1 saturated heterocycles. The van der Waals surface area contributed by atoms with E-state index in [0.717, 1.165) is 19.3 Å². The number of piperidine rings is 1. The predicted octanol–water partition coefficient (Wildman–Crippen LogP) is 4.35. The maximum absolute atomic E-state index is 12.4. The minimum absolute atomic E-state index is 0.0439. The molecular weight excluding hydrogens is 383 g/mol. The first-order valence-corrected chi connectivity index (χ1v) is 9.86. The van der Waals surface area contributed by atoms with Gasteiger partial charge >= 0.3 is 0 Å². The number of aryl methyl sites for hydroxylation is 1. The van der Waals surface area contributed by atoms with Crippen molar-refractivity contribution in [2.75, 3.05) is 13.1 Å². The molecule has 3 rings (SSSR count). The van der Waals surface area contributed by atoms with Gasteiger partial charge in [-0.05, 0) is 43.0 Å². The fraction of sp³-hybridized carbons (Fsp3) is 0.333. The van der Waals surface area contributed by atoms with Gasteiger partial charge in [-0.2, -0.15) is 0 Å².